The minimum atomic E-state index is -1.07. The van der Waals surface area contributed by atoms with E-state index in [9.17, 15) is 4.79 Å². The van der Waals surface area contributed by atoms with E-state index in [1.807, 2.05) is 6.07 Å². The van der Waals surface area contributed by atoms with Crippen molar-refractivity contribution in [3.05, 3.63) is 36.7 Å². The molecule has 0 fully saturated rings. The van der Waals surface area contributed by atoms with Crippen molar-refractivity contribution in [1.82, 2.24) is 24.8 Å². The van der Waals surface area contributed by atoms with Crippen LogP contribution in [-0.4, -0.2) is 42.5 Å². The van der Waals surface area contributed by atoms with Crippen LogP contribution in [0, 0.1) is 0 Å². The first-order valence-electron chi connectivity index (χ1n) is 5.71. The van der Waals surface area contributed by atoms with Crippen molar-refractivity contribution in [2.45, 2.75) is 0 Å². The predicted molar refractivity (Wildman–Crippen MR) is 67.1 cm³/mol. The Balaban J connectivity index is 2.02. The standard InChI is InChI=1S/C12H9N5O3/c18-11(19)7-20-10-4-3-9-14-15-12(17(9)16-10)8-2-1-5-13-6-8/h1-6H,7H2,(H,18,19). The van der Waals surface area contributed by atoms with Crippen LogP contribution in [0.5, 0.6) is 5.88 Å². The number of hydrogen-bond donors (Lipinski definition) is 1. The number of pyridine rings is 1. The topological polar surface area (TPSA) is 102 Å². The molecule has 3 rings (SSSR count). The maximum Gasteiger partial charge on any atom is 0.341 e. The molecule has 0 radical (unpaired) electrons. The lowest BCUT2D eigenvalue weighted by molar-refractivity contribution is -0.139. The summed E-state index contributed by atoms with van der Waals surface area (Å²) in [6.45, 7) is -0.455. The van der Waals surface area contributed by atoms with E-state index in [1.54, 1.807) is 30.6 Å². The van der Waals surface area contributed by atoms with Gasteiger partial charge in [-0.1, -0.05) is 0 Å². The molecule has 20 heavy (non-hydrogen) atoms. The van der Waals surface area contributed by atoms with Gasteiger partial charge in [-0.3, -0.25) is 4.98 Å². The number of aliphatic carboxylic acids is 1. The number of carbonyl (C=O) groups is 1. The molecule has 0 aliphatic heterocycles. The second-order valence-corrected chi connectivity index (χ2v) is 3.89. The van der Waals surface area contributed by atoms with Crippen molar-refractivity contribution in [3.63, 3.8) is 0 Å². The molecule has 0 atom stereocenters. The van der Waals surface area contributed by atoms with Crippen molar-refractivity contribution < 1.29 is 14.6 Å². The quantitative estimate of drug-likeness (QED) is 0.743. The number of ether oxygens (including phenoxy) is 1. The highest BCUT2D eigenvalue weighted by atomic mass is 16.5. The monoisotopic (exact) mass is 271 g/mol. The Morgan fingerprint density at radius 1 is 1.30 bits per heavy atom. The summed E-state index contributed by atoms with van der Waals surface area (Å²) in [6, 6.07) is 6.80. The lowest BCUT2D eigenvalue weighted by Crippen LogP contribution is -2.11. The van der Waals surface area contributed by atoms with Crippen LogP contribution in [0.1, 0.15) is 0 Å². The molecule has 8 heteroatoms. The van der Waals surface area contributed by atoms with Crippen LogP contribution < -0.4 is 4.74 Å². The van der Waals surface area contributed by atoms with Crippen molar-refractivity contribution in [3.8, 4) is 17.3 Å². The zero-order valence-electron chi connectivity index (χ0n) is 10.2. The average molecular weight is 271 g/mol. The molecule has 0 saturated carbocycles. The Morgan fingerprint density at radius 3 is 2.95 bits per heavy atom. The molecule has 3 aromatic rings. The number of carboxylic acids is 1. The van der Waals surface area contributed by atoms with E-state index in [2.05, 4.69) is 20.3 Å². The van der Waals surface area contributed by atoms with Crippen LogP contribution in [-0.2, 0) is 4.79 Å². The van der Waals surface area contributed by atoms with E-state index in [1.165, 1.54) is 4.52 Å². The summed E-state index contributed by atoms with van der Waals surface area (Å²) in [5, 5.41) is 20.8. The van der Waals surface area contributed by atoms with Gasteiger partial charge in [0.05, 0.1) is 0 Å². The van der Waals surface area contributed by atoms with Gasteiger partial charge in [0.25, 0.3) is 0 Å². The second-order valence-electron chi connectivity index (χ2n) is 3.89. The number of carboxylic acid groups (broad SMARTS) is 1. The van der Waals surface area contributed by atoms with Crippen molar-refractivity contribution in [2.24, 2.45) is 0 Å². The molecule has 0 aliphatic rings. The number of rotatable bonds is 4. The minimum Gasteiger partial charge on any atom is -0.479 e. The number of fused-ring (bicyclic) bond motifs is 1. The summed E-state index contributed by atoms with van der Waals surface area (Å²) >= 11 is 0. The molecule has 3 heterocycles. The van der Waals surface area contributed by atoms with E-state index in [-0.39, 0.29) is 5.88 Å². The minimum absolute atomic E-state index is 0.185. The maximum absolute atomic E-state index is 10.5. The predicted octanol–water partition coefficient (Wildman–Crippen LogP) is 0.650. The molecule has 3 aromatic heterocycles. The van der Waals surface area contributed by atoms with Crippen LogP contribution in [0.4, 0.5) is 0 Å². The number of nitrogens with zero attached hydrogens (tertiary/aromatic N) is 5. The van der Waals surface area contributed by atoms with Gasteiger partial charge in [-0.15, -0.1) is 15.3 Å². The van der Waals surface area contributed by atoms with Crippen LogP contribution in [0.2, 0.25) is 0 Å². The third-order valence-corrected chi connectivity index (χ3v) is 2.50. The summed E-state index contributed by atoms with van der Waals surface area (Å²) in [7, 11) is 0. The normalized spacial score (nSPS) is 10.6. The smallest absolute Gasteiger partial charge is 0.341 e. The van der Waals surface area contributed by atoms with Crippen molar-refractivity contribution in [2.75, 3.05) is 6.61 Å². The van der Waals surface area contributed by atoms with Crippen LogP contribution in [0.3, 0.4) is 0 Å². The van der Waals surface area contributed by atoms with Crippen molar-refractivity contribution in [1.29, 1.82) is 0 Å². The highest BCUT2D eigenvalue weighted by Gasteiger charge is 2.10. The second kappa shape index (κ2) is 4.92. The maximum atomic E-state index is 10.5. The van der Waals surface area contributed by atoms with Gasteiger partial charge >= 0.3 is 5.97 Å². The molecule has 0 unspecified atom stereocenters. The van der Waals surface area contributed by atoms with E-state index in [4.69, 9.17) is 9.84 Å². The summed E-state index contributed by atoms with van der Waals surface area (Å²) in [5.41, 5.74) is 1.29. The zero-order valence-corrected chi connectivity index (χ0v) is 10.2. The third-order valence-electron chi connectivity index (χ3n) is 2.50. The first-order chi connectivity index (χ1) is 9.74. The Labute approximate surface area is 112 Å². The first kappa shape index (κ1) is 12.0. The molecule has 100 valence electrons. The van der Waals surface area contributed by atoms with Crippen LogP contribution >= 0.6 is 0 Å². The van der Waals surface area contributed by atoms with E-state index in [0.717, 1.165) is 5.56 Å². The summed E-state index contributed by atoms with van der Waals surface area (Å²) in [6.07, 6.45) is 3.30. The fourth-order valence-electron chi connectivity index (χ4n) is 1.66. The van der Waals surface area contributed by atoms with Gasteiger partial charge in [-0.05, 0) is 18.2 Å². The average Bonchev–Trinajstić information content (AvgIpc) is 2.89. The third kappa shape index (κ3) is 2.26. The van der Waals surface area contributed by atoms with E-state index < -0.39 is 12.6 Å². The van der Waals surface area contributed by atoms with Gasteiger partial charge in [0.15, 0.2) is 18.1 Å². The van der Waals surface area contributed by atoms with Crippen LogP contribution in [0.25, 0.3) is 17.0 Å². The van der Waals surface area contributed by atoms with E-state index >= 15 is 0 Å². The Hall–Kier alpha value is -3.03. The molecule has 8 nitrogen and oxygen atoms in total. The van der Waals surface area contributed by atoms with Gasteiger partial charge in [0.1, 0.15) is 0 Å². The lowest BCUT2D eigenvalue weighted by Gasteiger charge is -2.03. The largest absolute Gasteiger partial charge is 0.479 e. The van der Waals surface area contributed by atoms with Gasteiger partial charge in [-0.2, -0.15) is 4.52 Å². The van der Waals surface area contributed by atoms with Crippen LogP contribution in [0.15, 0.2) is 36.7 Å². The molecule has 0 amide bonds. The Kier molecular flexibility index (Phi) is 2.96. The molecule has 0 spiro atoms. The molecule has 0 saturated heterocycles. The van der Waals surface area contributed by atoms with Gasteiger partial charge < -0.3 is 9.84 Å². The first-order valence-corrected chi connectivity index (χ1v) is 5.71. The summed E-state index contributed by atoms with van der Waals surface area (Å²) in [4.78, 5) is 14.5. The van der Waals surface area contributed by atoms with Gasteiger partial charge in [0.2, 0.25) is 5.88 Å². The highest BCUT2D eigenvalue weighted by Crippen LogP contribution is 2.17. The molecular formula is C12H9N5O3. The highest BCUT2D eigenvalue weighted by molar-refractivity contribution is 5.68. The molecule has 0 bridgehead atoms. The van der Waals surface area contributed by atoms with E-state index in [0.29, 0.717) is 11.5 Å². The Bertz CT molecular complexity index is 756. The Morgan fingerprint density at radius 2 is 2.20 bits per heavy atom. The summed E-state index contributed by atoms with van der Waals surface area (Å²) in [5.74, 6) is -0.373. The molecule has 0 aromatic carbocycles. The van der Waals surface area contributed by atoms with Gasteiger partial charge in [0, 0.05) is 24.0 Å². The molecule has 1 N–H and O–H groups in total. The van der Waals surface area contributed by atoms with Gasteiger partial charge in [-0.25, -0.2) is 4.79 Å². The number of hydrogen-bond acceptors (Lipinski definition) is 6. The summed E-state index contributed by atoms with van der Waals surface area (Å²) < 4.78 is 6.51. The lowest BCUT2D eigenvalue weighted by atomic mass is 10.3. The zero-order chi connectivity index (χ0) is 13.9. The fourth-order valence-corrected chi connectivity index (χ4v) is 1.66. The number of aromatic nitrogens is 5. The van der Waals surface area contributed by atoms with Crippen molar-refractivity contribution >= 4 is 11.6 Å². The molecular weight excluding hydrogens is 262 g/mol. The molecule has 0 aliphatic carbocycles. The fraction of sp³-hybridized carbons (Fsp3) is 0.0833. The SMILES string of the molecule is O=C(O)COc1ccc2nnc(-c3cccnc3)n2n1.